The average Bonchev–Trinajstić information content (AvgIpc) is 2.76. The molecule has 0 atom stereocenters. The Morgan fingerprint density at radius 3 is 1.72 bits per heavy atom. The van der Waals surface area contributed by atoms with Crippen LogP contribution in [0.2, 0.25) is 0 Å². The van der Waals surface area contributed by atoms with Gasteiger partial charge in [-0.25, -0.2) is 0 Å². The molecule has 0 aliphatic rings. The molecule has 0 unspecified atom stereocenters. The van der Waals surface area contributed by atoms with Crippen LogP contribution in [0, 0.1) is 0 Å². The maximum absolute atomic E-state index is 9.30. The second-order valence-corrected chi connectivity index (χ2v) is 7.02. The number of hydrogen-bond acceptors (Lipinski definition) is 5. The summed E-state index contributed by atoms with van der Waals surface area (Å²) < 4.78 is 0. The number of hydrazine groups is 1. The Kier molecular flexibility index (Phi) is 7.63. The maximum atomic E-state index is 9.30. The standard InChI is InChI=1S/C24H28N4O/c1-2-3-4-5-6-19-7-9-20(10-8-19)25-26-21-11-13-22(14-12-21)27-28-23-15-17-24(29)18-16-23/h7-18,27-29H,2-6H2,1H3. The number of benzene rings is 3. The van der Waals surface area contributed by atoms with Crippen molar-refractivity contribution < 1.29 is 5.11 Å². The molecule has 150 valence electrons. The minimum absolute atomic E-state index is 0.242. The Morgan fingerprint density at radius 2 is 1.17 bits per heavy atom. The van der Waals surface area contributed by atoms with Gasteiger partial charge in [0.1, 0.15) is 5.75 Å². The number of azo groups is 1. The molecule has 0 aromatic heterocycles. The number of phenolic OH excluding ortho intramolecular Hbond substituents is 1. The zero-order valence-electron chi connectivity index (χ0n) is 16.8. The van der Waals surface area contributed by atoms with E-state index in [1.54, 1.807) is 24.3 Å². The summed E-state index contributed by atoms with van der Waals surface area (Å²) in [5, 5.41) is 17.9. The van der Waals surface area contributed by atoms with Crippen LogP contribution >= 0.6 is 0 Å². The molecule has 0 aliphatic heterocycles. The molecule has 0 aliphatic carbocycles. The first-order chi connectivity index (χ1) is 14.2. The van der Waals surface area contributed by atoms with E-state index < -0.39 is 0 Å². The molecular formula is C24H28N4O. The summed E-state index contributed by atoms with van der Waals surface area (Å²) in [5.41, 5.74) is 11.0. The van der Waals surface area contributed by atoms with E-state index in [-0.39, 0.29) is 5.75 Å². The van der Waals surface area contributed by atoms with Crippen molar-refractivity contribution in [1.29, 1.82) is 0 Å². The number of anilines is 2. The second kappa shape index (κ2) is 10.9. The summed E-state index contributed by atoms with van der Waals surface area (Å²) in [4.78, 5) is 0. The summed E-state index contributed by atoms with van der Waals surface area (Å²) in [6.45, 7) is 2.23. The summed E-state index contributed by atoms with van der Waals surface area (Å²) in [7, 11) is 0. The lowest BCUT2D eigenvalue weighted by atomic mass is 10.1. The number of nitrogens with zero attached hydrogens (tertiary/aromatic N) is 2. The molecule has 0 bridgehead atoms. The van der Waals surface area contributed by atoms with Crippen LogP contribution in [0.1, 0.15) is 38.2 Å². The predicted molar refractivity (Wildman–Crippen MR) is 120 cm³/mol. The van der Waals surface area contributed by atoms with Gasteiger partial charge in [-0.2, -0.15) is 10.2 Å². The van der Waals surface area contributed by atoms with Crippen LogP contribution in [0.25, 0.3) is 0 Å². The first-order valence-corrected chi connectivity index (χ1v) is 10.1. The van der Waals surface area contributed by atoms with E-state index in [0.29, 0.717) is 0 Å². The topological polar surface area (TPSA) is 69.0 Å². The Labute approximate surface area is 172 Å². The van der Waals surface area contributed by atoms with Crippen molar-refractivity contribution in [2.24, 2.45) is 10.2 Å². The molecule has 3 rings (SSSR count). The molecule has 0 fully saturated rings. The smallest absolute Gasteiger partial charge is 0.115 e. The van der Waals surface area contributed by atoms with Crippen LogP contribution in [0.15, 0.2) is 83.0 Å². The Bertz CT molecular complexity index is 888. The molecule has 5 nitrogen and oxygen atoms in total. The van der Waals surface area contributed by atoms with Crippen molar-refractivity contribution in [3.8, 4) is 5.75 Å². The number of aryl methyl sites for hydroxylation is 1. The highest BCUT2D eigenvalue weighted by Crippen LogP contribution is 2.22. The number of rotatable bonds is 10. The molecule has 0 saturated carbocycles. The van der Waals surface area contributed by atoms with Crippen LogP contribution in [-0.2, 0) is 6.42 Å². The first-order valence-electron chi connectivity index (χ1n) is 10.1. The number of nitrogens with one attached hydrogen (secondary N) is 2. The Balaban J connectivity index is 1.48. The van der Waals surface area contributed by atoms with Crippen LogP contribution in [0.4, 0.5) is 22.7 Å². The van der Waals surface area contributed by atoms with Gasteiger partial charge in [0.2, 0.25) is 0 Å². The molecule has 0 radical (unpaired) electrons. The monoisotopic (exact) mass is 388 g/mol. The van der Waals surface area contributed by atoms with Crippen molar-refractivity contribution in [2.75, 3.05) is 10.9 Å². The van der Waals surface area contributed by atoms with Gasteiger partial charge >= 0.3 is 0 Å². The van der Waals surface area contributed by atoms with Gasteiger partial charge in [-0.3, -0.25) is 0 Å². The first kappa shape index (κ1) is 20.4. The maximum Gasteiger partial charge on any atom is 0.115 e. The lowest BCUT2D eigenvalue weighted by molar-refractivity contribution is 0.475. The minimum Gasteiger partial charge on any atom is -0.508 e. The molecule has 29 heavy (non-hydrogen) atoms. The molecular weight excluding hydrogens is 360 g/mol. The van der Waals surface area contributed by atoms with Gasteiger partial charge in [0.25, 0.3) is 0 Å². The van der Waals surface area contributed by atoms with Crippen molar-refractivity contribution in [1.82, 2.24) is 0 Å². The number of hydrogen-bond donors (Lipinski definition) is 3. The Morgan fingerprint density at radius 1 is 0.655 bits per heavy atom. The van der Waals surface area contributed by atoms with Crippen molar-refractivity contribution in [2.45, 2.75) is 39.0 Å². The van der Waals surface area contributed by atoms with Gasteiger partial charge in [-0.1, -0.05) is 38.3 Å². The van der Waals surface area contributed by atoms with E-state index >= 15 is 0 Å². The lowest BCUT2D eigenvalue weighted by Crippen LogP contribution is -2.07. The van der Waals surface area contributed by atoms with E-state index in [1.807, 2.05) is 36.4 Å². The van der Waals surface area contributed by atoms with Crippen molar-refractivity contribution in [3.05, 3.63) is 78.4 Å². The van der Waals surface area contributed by atoms with Gasteiger partial charge in [0.15, 0.2) is 0 Å². The quantitative estimate of drug-likeness (QED) is 0.147. The van der Waals surface area contributed by atoms with Crippen LogP contribution in [0.3, 0.4) is 0 Å². The summed E-state index contributed by atoms with van der Waals surface area (Å²) in [5.74, 6) is 0.242. The van der Waals surface area contributed by atoms with Gasteiger partial charge in [-0.05, 0) is 79.1 Å². The number of aromatic hydroxyl groups is 1. The van der Waals surface area contributed by atoms with Crippen LogP contribution in [0.5, 0.6) is 5.75 Å². The zero-order chi connectivity index (χ0) is 20.3. The normalized spacial score (nSPS) is 10.9. The fourth-order valence-corrected chi connectivity index (χ4v) is 2.90. The highest BCUT2D eigenvalue weighted by molar-refractivity contribution is 5.56. The Hall–Kier alpha value is -3.34. The van der Waals surface area contributed by atoms with Gasteiger partial charge in [0, 0.05) is 0 Å². The molecule has 0 saturated heterocycles. The van der Waals surface area contributed by atoms with E-state index in [1.165, 1.54) is 31.2 Å². The third-order valence-electron chi connectivity index (χ3n) is 4.62. The molecule has 0 heterocycles. The molecule has 3 aromatic carbocycles. The molecule has 5 heteroatoms. The number of phenols is 1. The van der Waals surface area contributed by atoms with E-state index in [0.717, 1.165) is 29.2 Å². The van der Waals surface area contributed by atoms with Crippen LogP contribution < -0.4 is 10.9 Å². The highest BCUT2D eigenvalue weighted by atomic mass is 16.3. The second-order valence-electron chi connectivity index (χ2n) is 7.02. The molecule has 0 amide bonds. The zero-order valence-corrected chi connectivity index (χ0v) is 16.8. The molecule has 0 spiro atoms. The predicted octanol–water partition coefficient (Wildman–Crippen LogP) is 7.37. The van der Waals surface area contributed by atoms with Crippen molar-refractivity contribution in [3.63, 3.8) is 0 Å². The SMILES string of the molecule is CCCCCCc1ccc(N=Nc2ccc(NNc3ccc(O)cc3)cc2)cc1. The fourth-order valence-electron chi connectivity index (χ4n) is 2.90. The van der Waals surface area contributed by atoms with Crippen LogP contribution in [-0.4, -0.2) is 5.11 Å². The van der Waals surface area contributed by atoms with E-state index in [4.69, 9.17) is 0 Å². The van der Waals surface area contributed by atoms with Gasteiger partial charge in [-0.15, -0.1) is 0 Å². The van der Waals surface area contributed by atoms with Gasteiger partial charge < -0.3 is 16.0 Å². The van der Waals surface area contributed by atoms with E-state index in [2.05, 4.69) is 40.1 Å². The largest absolute Gasteiger partial charge is 0.508 e. The summed E-state index contributed by atoms with van der Waals surface area (Å²) in [6, 6.07) is 22.9. The van der Waals surface area contributed by atoms with Gasteiger partial charge in [0.05, 0.1) is 22.7 Å². The number of unbranched alkanes of at least 4 members (excludes halogenated alkanes) is 3. The lowest BCUT2D eigenvalue weighted by Gasteiger charge is -2.09. The van der Waals surface area contributed by atoms with Crippen molar-refractivity contribution >= 4 is 22.7 Å². The molecule has 3 N–H and O–H groups in total. The minimum atomic E-state index is 0.242. The summed E-state index contributed by atoms with van der Waals surface area (Å²) in [6.07, 6.45) is 6.26. The molecule has 3 aromatic rings. The summed E-state index contributed by atoms with van der Waals surface area (Å²) >= 11 is 0. The fraction of sp³-hybridized carbons (Fsp3) is 0.250. The average molecular weight is 389 g/mol. The highest BCUT2D eigenvalue weighted by Gasteiger charge is 1.97. The third kappa shape index (κ3) is 6.96. The van der Waals surface area contributed by atoms with E-state index in [9.17, 15) is 5.11 Å². The third-order valence-corrected chi connectivity index (χ3v) is 4.62.